The summed E-state index contributed by atoms with van der Waals surface area (Å²) in [5.74, 6) is 0.237. The molecule has 0 amide bonds. The third-order valence-electron chi connectivity index (χ3n) is 3.20. The number of furan rings is 1. The lowest BCUT2D eigenvalue weighted by Gasteiger charge is -2.02. The number of nitrogens with two attached hydrogens (primary N) is 1. The zero-order valence-corrected chi connectivity index (χ0v) is 10.6. The molecule has 96 valence electrons. The van der Waals surface area contributed by atoms with E-state index in [-0.39, 0.29) is 5.82 Å². The summed E-state index contributed by atoms with van der Waals surface area (Å²) in [6.45, 7) is 2.40. The van der Waals surface area contributed by atoms with E-state index in [4.69, 9.17) is 10.2 Å². The molecule has 0 bridgehead atoms. The summed E-state index contributed by atoms with van der Waals surface area (Å²) in [5.41, 5.74) is 8.84. The minimum absolute atomic E-state index is 0.298. The summed E-state index contributed by atoms with van der Waals surface area (Å²) in [6, 6.07) is 12.6. The average molecular weight is 255 g/mol. The Kier molecular flexibility index (Phi) is 2.84. The highest BCUT2D eigenvalue weighted by molar-refractivity contribution is 5.83. The van der Waals surface area contributed by atoms with E-state index in [2.05, 4.69) is 0 Å². The number of aryl methyl sites for hydroxylation is 1. The lowest BCUT2D eigenvalue weighted by molar-refractivity contribution is 0.601. The SMILES string of the molecule is Cc1ccc2oc(-c3cc(CN)ccc3F)cc2c1. The number of benzene rings is 2. The predicted octanol–water partition coefficient (Wildman–Crippen LogP) is 4.01. The van der Waals surface area contributed by atoms with E-state index in [9.17, 15) is 4.39 Å². The van der Waals surface area contributed by atoms with Gasteiger partial charge in [0.25, 0.3) is 0 Å². The van der Waals surface area contributed by atoms with Crippen LogP contribution in [0.15, 0.2) is 46.9 Å². The molecule has 0 spiro atoms. The van der Waals surface area contributed by atoms with Gasteiger partial charge in [-0.05, 0) is 42.8 Å². The first-order valence-electron chi connectivity index (χ1n) is 6.16. The highest BCUT2D eigenvalue weighted by atomic mass is 19.1. The quantitative estimate of drug-likeness (QED) is 0.751. The van der Waals surface area contributed by atoms with Gasteiger partial charge in [0.05, 0.1) is 5.56 Å². The molecule has 3 aromatic rings. The molecule has 0 atom stereocenters. The van der Waals surface area contributed by atoms with Crippen LogP contribution < -0.4 is 5.73 Å². The van der Waals surface area contributed by atoms with Gasteiger partial charge in [-0.1, -0.05) is 17.7 Å². The molecule has 0 saturated carbocycles. The molecule has 0 radical (unpaired) electrons. The Bertz CT molecular complexity index is 746. The standard InChI is InChI=1S/C16H14FNO/c1-10-2-5-15-12(6-10)8-16(19-15)13-7-11(9-18)3-4-14(13)17/h2-8H,9,18H2,1H3. The molecule has 0 aliphatic heterocycles. The van der Waals surface area contributed by atoms with Crippen molar-refractivity contribution >= 4 is 11.0 Å². The van der Waals surface area contributed by atoms with Crippen LogP contribution in [0.2, 0.25) is 0 Å². The van der Waals surface area contributed by atoms with Gasteiger partial charge in [0.15, 0.2) is 0 Å². The topological polar surface area (TPSA) is 39.2 Å². The van der Waals surface area contributed by atoms with Crippen LogP contribution >= 0.6 is 0 Å². The summed E-state index contributed by atoms with van der Waals surface area (Å²) in [4.78, 5) is 0. The molecule has 0 saturated heterocycles. The molecule has 1 heterocycles. The Labute approximate surface area is 110 Å². The van der Waals surface area contributed by atoms with E-state index >= 15 is 0 Å². The Morgan fingerprint density at radius 1 is 1.11 bits per heavy atom. The Morgan fingerprint density at radius 3 is 2.74 bits per heavy atom. The first-order chi connectivity index (χ1) is 9.17. The normalized spacial score (nSPS) is 11.1. The molecule has 0 unspecified atom stereocenters. The first kappa shape index (κ1) is 11.9. The van der Waals surface area contributed by atoms with Crippen LogP contribution in [0, 0.1) is 12.7 Å². The molecule has 0 aliphatic carbocycles. The fraction of sp³-hybridized carbons (Fsp3) is 0.125. The number of hydrogen-bond donors (Lipinski definition) is 1. The lowest BCUT2D eigenvalue weighted by Crippen LogP contribution is -1.97. The second kappa shape index (κ2) is 4.52. The van der Waals surface area contributed by atoms with Gasteiger partial charge >= 0.3 is 0 Å². The van der Waals surface area contributed by atoms with Gasteiger partial charge in [0.2, 0.25) is 0 Å². The highest BCUT2D eigenvalue weighted by Gasteiger charge is 2.11. The molecule has 2 aromatic carbocycles. The van der Waals surface area contributed by atoms with Gasteiger partial charge in [0.1, 0.15) is 17.2 Å². The summed E-state index contributed by atoms with van der Waals surface area (Å²) >= 11 is 0. The lowest BCUT2D eigenvalue weighted by atomic mass is 10.1. The number of fused-ring (bicyclic) bond motifs is 1. The Morgan fingerprint density at radius 2 is 1.95 bits per heavy atom. The van der Waals surface area contributed by atoms with Gasteiger partial charge in [0, 0.05) is 11.9 Å². The van der Waals surface area contributed by atoms with E-state index in [1.165, 1.54) is 6.07 Å². The van der Waals surface area contributed by atoms with Gasteiger partial charge in [-0.2, -0.15) is 0 Å². The van der Waals surface area contributed by atoms with Crippen molar-refractivity contribution in [3.8, 4) is 11.3 Å². The van der Waals surface area contributed by atoms with Crippen molar-refractivity contribution in [2.75, 3.05) is 0 Å². The van der Waals surface area contributed by atoms with Crippen LogP contribution in [0.3, 0.4) is 0 Å². The maximum atomic E-state index is 13.9. The largest absolute Gasteiger partial charge is 0.456 e. The monoisotopic (exact) mass is 255 g/mol. The summed E-state index contributed by atoms with van der Waals surface area (Å²) < 4.78 is 19.6. The van der Waals surface area contributed by atoms with Crippen LogP contribution in [-0.2, 0) is 6.54 Å². The number of halogens is 1. The zero-order chi connectivity index (χ0) is 13.4. The second-order valence-electron chi connectivity index (χ2n) is 4.67. The fourth-order valence-corrected chi connectivity index (χ4v) is 2.18. The van der Waals surface area contributed by atoms with E-state index in [1.807, 2.05) is 31.2 Å². The molecule has 2 N–H and O–H groups in total. The minimum atomic E-state index is -0.298. The number of hydrogen-bond acceptors (Lipinski definition) is 2. The first-order valence-corrected chi connectivity index (χ1v) is 6.16. The van der Waals surface area contributed by atoms with Crippen LogP contribution in [0.4, 0.5) is 4.39 Å². The summed E-state index contributed by atoms with van der Waals surface area (Å²) in [7, 11) is 0. The Balaban J connectivity index is 2.18. The van der Waals surface area contributed by atoms with Crippen molar-refractivity contribution in [2.24, 2.45) is 5.73 Å². The minimum Gasteiger partial charge on any atom is -0.456 e. The number of rotatable bonds is 2. The van der Waals surface area contributed by atoms with E-state index < -0.39 is 0 Å². The molecular formula is C16H14FNO. The van der Waals surface area contributed by atoms with Crippen LogP contribution in [0.1, 0.15) is 11.1 Å². The van der Waals surface area contributed by atoms with Crippen molar-refractivity contribution in [1.82, 2.24) is 0 Å². The van der Waals surface area contributed by atoms with Gasteiger partial charge in [-0.3, -0.25) is 0 Å². The van der Waals surface area contributed by atoms with Gasteiger partial charge in [-0.25, -0.2) is 4.39 Å². The fourth-order valence-electron chi connectivity index (χ4n) is 2.18. The molecule has 0 fully saturated rings. The molecule has 1 aromatic heterocycles. The zero-order valence-electron chi connectivity index (χ0n) is 10.6. The van der Waals surface area contributed by atoms with E-state index in [0.29, 0.717) is 17.9 Å². The van der Waals surface area contributed by atoms with Crippen molar-refractivity contribution in [1.29, 1.82) is 0 Å². The smallest absolute Gasteiger partial charge is 0.138 e. The molecule has 3 heteroatoms. The molecule has 2 nitrogen and oxygen atoms in total. The maximum absolute atomic E-state index is 13.9. The van der Waals surface area contributed by atoms with E-state index in [1.54, 1.807) is 12.1 Å². The second-order valence-corrected chi connectivity index (χ2v) is 4.67. The van der Waals surface area contributed by atoms with Crippen molar-refractivity contribution in [2.45, 2.75) is 13.5 Å². The van der Waals surface area contributed by atoms with Crippen molar-refractivity contribution in [3.63, 3.8) is 0 Å². The molecule has 3 rings (SSSR count). The summed E-state index contributed by atoms with van der Waals surface area (Å²) in [5, 5.41) is 0.979. The Hall–Kier alpha value is -2.13. The van der Waals surface area contributed by atoms with Crippen LogP contribution in [-0.4, -0.2) is 0 Å². The molecule has 19 heavy (non-hydrogen) atoms. The maximum Gasteiger partial charge on any atom is 0.138 e. The molecular weight excluding hydrogens is 241 g/mol. The van der Waals surface area contributed by atoms with Crippen molar-refractivity contribution < 1.29 is 8.81 Å². The molecule has 0 aliphatic rings. The summed E-state index contributed by atoms with van der Waals surface area (Å²) in [6.07, 6.45) is 0. The third kappa shape index (κ3) is 2.13. The predicted molar refractivity (Wildman–Crippen MR) is 74.2 cm³/mol. The van der Waals surface area contributed by atoms with Gasteiger partial charge < -0.3 is 10.2 Å². The van der Waals surface area contributed by atoms with E-state index in [0.717, 1.165) is 22.1 Å². The van der Waals surface area contributed by atoms with Crippen LogP contribution in [0.5, 0.6) is 0 Å². The highest BCUT2D eigenvalue weighted by Crippen LogP contribution is 2.30. The van der Waals surface area contributed by atoms with Gasteiger partial charge in [-0.15, -0.1) is 0 Å². The third-order valence-corrected chi connectivity index (χ3v) is 3.20. The average Bonchev–Trinajstić information content (AvgIpc) is 2.82. The van der Waals surface area contributed by atoms with Crippen LogP contribution in [0.25, 0.3) is 22.3 Å². The van der Waals surface area contributed by atoms with Crippen molar-refractivity contribution in [3.05, 3.63) is 59.4 Å².